The largest absolute Gasteiger partial charge is 0.581 e. The van der Waals surface area contributed by atoms with Crippen LogP contribution >= 0.6 is 0 Å². The fourth-order valence-corrected chi connectivity index (χ4v) is 4.59. The highest BCUT2D eigenvalue weighted by Crippen LogP contribution is 2.68. The van der Waals surface area contributed by atoms with E-state index in [9.17, 15) is 110 Å². The molecule has 3 nitrogen and oxygen atoms in total. The van der Waals surface area contributed by atoms with E-state index in [2.05, 4.69) is 13.3 Å². The summed E-state index contributed by atoms with van der Waals surface area (Å²) >= 11 is 0. The molecule has 0 N–H and O–H groups in total. The summed E-state index contributed by atoms with van der Waals surface area (Å²) in [5.41, 5.74) is -7.25. The second-order valence-electron chi connectivity index (χ2n) is 7.98. The van der Waals surface area contributed by atoms with Gasteiger partial charge in [0.05, 0.1) is 0 Å². The summed E-state index contributed by atoms with van der Waals surface area (Å²) in [5, 5.41) is 0. The first-order valence-electron chi connectivity index (χ1n) is 9.56. The summed E-state index contributed by atoms with van der Waals surface area (Å²) in [6.45, 7) is 0. The second-order valence-corrected chi connectivity index (χ2v) is 10.9. The maximum atomic E-state index is 14.2. The molecule has 0 aliphatic carbocycles. The maximum absolute atomic E-state index is 14.2. The van der Waals surface area contributed by atoms with E-state index >= 15 is 0 Å². The normalized spacial score (nSPS) is 16.9. The Labute approximate surface area is 225 Å². The predicted molar refractivity (Wildman–Crippen MR) is 87.3 cm³/mol. The van der Waals surface area contributed by atoms with Crippen molar-refractivity contribution < 1.29 is 123 Å². The van der Waals surface area contributed by atoms with Gasteiger partial charge < -0.3 is 13.3 Å². The summed E-state index contributed by atoms with van der Waals surface area (Å²) in [6.07, 6.45) is -8.19. The van der Waals surface area contributed by atoms with Crippen molar-refractivity contribution in [3.8, 4) is 0 Å². The van der Waals surface area contributed by atoms with E-state index in [1.807, 2.05) is 0 Å². The molecule has 29 heteroatoms. The van der Waals surface area contributed by atoms with E-state index in [4.69, 9.17) is 0 Å². The minimum atomic E-state index is -9.64. The van der Waals surface area contributed by atoms with Crippen molar-refractivity contribution in [1.29, 1.82) is 0 Å². The molecule has 0 bridgehead atoms. The predicted octanol–water partition coefficient (Wildman–Crippen LogP) is 7.95. The third-order valence-electron chi connectivity index (χ3n) is 5.49. The Hall–Kier alpha value is -1.65. The van der Waals surface area contributed by atoms with Crippen LogP contribution in [0.2, 0.25) is 0 Å². The van der Waals surface area contributed by atoms with Gasteiger partial charge >= 0.3 is 79.8 Å². The molecule has 0 rings (SSSR count). The maximum Gasteiger partial charge on any atom is 0.581 e. The topological polar surface area (TPSA) is 27.7 Å². The van der Waals surface area contributed by atoms with Gasteiger partial charge in [-0.15, -0.1) is 0 Å². The van der Waals surface area contributed by atoms with Gasteiger partial charge in [-0.25, -0.2) is 0 Å². The Morgan fingerprint density at radius 2 is 0.432 bits per heavy atom. The molecule has 0 saturated heterocycles. The van der Waals surface area contributed by atoms with Crippen LogP contribution in [0.3, 0.4) is 0 Å². The molecule has 0 aliphatic rings. The third kappa shape index (κ3) is 4.69. The summed E-state index contributed by atoms with van der Waals surface area (Å²) in [6, 6.07) is 0. The van der Waals surface area contributed by atoms with Gasteiger partial charge in [0.15, 0.2) is 0 Å². The number of hydrogen-bond donors (Lipinski definition) is 0. The molecule has 0 atom stereocenters. The lowest BCUT2D eigenvalue weighted by Crippen LogP contribution is -2.80. The van der Waals surface area contributed by atoms with Crippen LogP contribution in [0, 0.1) is 0 Å². The SMILES string of the molecule is CO[Si](OC)(OC)C(F)(F)C(F)(F)C(F)(F)C(F)(F)C(F)(F)C(F)(F)C(F)(F)C(F)(F)C(F)(F)C(F)(F)C(F)(F)C(F)(F)F. The zero-order valence-corrected chi connectivity index (χ0v) is 21.2. The number of hydrogen-bond acceptors (Lipinski definition) is 3. The third-order valence-corrected chi connectivity index (χ3v) is 8.19. The van der Waals surface area contributed by atoms with E-state index in [0.717, 1.165) is 0 Å². The molecule has 0 spiro atoms. The molecule has 0 aliphatic heterocycles. The number of halogens is 25. The first kappa shape index (κ1) is 42.3. The van der Waals surface area contributed by atoms with Crippen LogP contribution in [-0.4, -0.2) is 101 Å². The Bertz CT molecular complexity index is 960. The average molecular weight is 740 g/mol. The zero-order valence-electron chi connectivity index (χ0n) is 20.2. The second kappa shape index (κ2) is 10.7. The fraction of sp³-hybridized carbons (Fsp3) is 1.00. The van der Waals surface area contributed by atoms with Crippen LogP contribution in [-0.2, 0) is 13.3 Å². The van der Waals surface area contributed by atoms with Crippen molar-refractivity contribution in [2.75, 3.05) is 21.3 Å². The Kier molecular flexibility index (Phi) is 10.3. The lowest BCUT2D eigenvalue weighted by atomic mass is 9.85. The summed E-state index contributed by atoms with van der Waals surface area (Å²) in [4.78, 5) is 0. The van der Waals surface area contributed by atoms with E-state index in [1.165, 1.54) is 0 Å². The van der Waals surface area contributed by atoms with E-state index in [0.29, 0.717) is 0 Å². The van der Waals surface area contributed by atoms with Gasteiger partial charge in [0.25, 0.3) is 0 Å². The first-order chi connectivity index (χ1) is 18.7. The Morgan fingerprint density at radius 1 is 0.273 bits per heavy atom. The van der Waals surface area contributed by atoms with Gasteiger partial charge in [-0.3, -0.25) is 0 Å². The van der Waals surface area contributed by atoms with E-state index in [-0.39, 0.29) is 21.3 Å². The van der Waals surface area contributed by atoms with Crippen LogP contribution in [0.5, 0.6) is 0 Å². The fourth-order valence-electron chi connectivity index (χ4n) is 2.78. The number of rotatable bonds is 14. The standard InChI is InChI=1S/C15H9F25O3Si/c1-41-44(42-2,43-3)15(39,40)13(34,35)11(30,31)9(26,27)7(22,23)5(18,19)4(16,17)6(20,21)8(24,25)10(28,29)12(32,33)14(36,37)38/h1-3H3. The molecule has 44 heavy (non-hydrogen) atoms. The van der Waals surface area contributed by atoms with Crippen molar-refractivity contribution in [3.63, 3.8) is 0 Å². The minimum absolute atomic E-state index is 0.205. The smallest absolute Gasteiger partial charge is 0.373 e. The summed E-state index contributed by atoms with van der Waals surface area (Å²) < 4.78 is 347. The van der Waals surface area contributed by atoms with Crippen molar-refractivity contribution in [1.82, 2.24) is 0 Å². The molecule has 0 fully saturated rings. The van der Waals surface area contributed by atoms with Gasteiger partial charge in [-0.05, 0) is 0 Å². The minimum Gasteiger partial charge on any atom is -0.373 e. The average Bonchev–Trinajstić information content (AvgIpc) is 2.83. The van der Waals surface area contributed by atoms with Gasteiger partial charge in [0.1, 0.15) is 0 Å². The van der Waals surface area contributed by atoms with Crippen molar-refractivity contribution in [2.45, 2.75) is 70.9 Å². The highest BCUT2D eigenvalue weighted by atomic mass is 28.4. The van der Waals surface area contributed by atoms with Crippen molar-refractivity contribution in [3.05, 3.63) is 0 Å². The molecule has 0 amide bonds. The van der Waals surface area contributed by atoms with Crippen LogP contribution in [0.25, 0.3) is 0 Å². The molecular formula is C15H9F25O3Si. The zero-order chi connectivity index (χ0) is 36.6. The van der Waals surface area contributed by atoms with Gasteiger partial charge in [-0.1, -0.05) is 0 Å². The highest BCUT2D eigenvalue weighted by Gasteiger charge is 3.00. The van der Waals surface area contributed by atoms with E-state index in [1.54, 1.807) is 0 Å². The van der Waals surface area contributed by atoms with Gasteiger partial charge in [-0.2, -0.15) is 110 Å². The Morgan fingerprint density at radius 3 is 0.591 bits per heavy atom. The lowest BCUT2D eigenvalue weighted by Gasteiger charge is -2.46. The van der Waals surface area contributed by atoms with Crippen molar-refractivity contribution in [2.24, 2.45) is 0 Å². The molecule has 0 aromatic rings. The van der Waals surface area contributed by atoms with E-state index < -0.39 is 79.8 Å². The molecule has 0 aromatic carbocycles. The van der Waals surface area contributed by atoms with Gasteiger partial charge in [0, 0.05) is 21.3 Å². The van der Waals surface area contributed by atoms with Crippen LogP contribution in [0.4, 0.5) is 110 Å². The molecule has 0 saturated carbocycles. The molecule has 266 valence electrons. The number of alkyl halides is 25. The van der Waals surface area contributed by atoms with Crippen LogP contribution in [0.15, 0.2) is 0 Å². The molecule has 0 heterocycles. The summed E-state index contributed by atoms with van der Waals surface area (Å²) in [7, 11) is -7.58. The molecule has 0 aromatic heterocycles. The summed E-state index contributed by atoms with van der Waals surface area (Å²) in [5.74, 6) is -92.2. The molecule has 0 unspecified atom stereocenters. The highest BCUT2D eigenvalue weighted by molar-refractivity contribution is 6.63. The lowest BCUT2D eigenvalue weighted by molar-refractivity contribution is -0.481. The van der Waals surface area contributed by atoms with Gasteiger partial charge in [0.2, 0.25) is 0 Å². The van der Waals surface area contributed by atoms with Crippen LogP contribution < -0.4 is 0 Å². The van der Waals surface area contributed by atoms with Crippen LogP contribution in [0.1, 0.15) is 0 Å². The molecular weight excluding hydrogens is 731 g/mol. The monoisotopic (exact) mass is 740 g/mol. The first-order valence-corrected chi connectivity index (χ1v) is 11.3. The Balaban J connectivity index is 7.51. The quantitative estimate of drug-likeness (QED) is 0.134. The molecule has 0 radical (unpaired) electrons. The van der Waals surface area contributed by atoms with Crippen molar-refractivity contribution >= 4 is 8.80 Å².